The van der Waals surface area contributed by atoms with E-state index in [0.717, 1.165) is 38.5 Å². The van der Waals surface area contributed by atoms with Crippen molar-refractivity contribution in [1.82, 2.24) is 0 Å². The maximum absolute atomic E-state index is 12.8. The highest BCUT2D eigenvalue weighted by atomic mass is 16.5. The van der Waals surface area contributed by atoms with Crippen LogP contribution in [0.15, 0.2) is 11.1 Å². The average molecular weight is 453 g/mol. The minimum Gasteiger partial charge on any atom is -0.462 e. The lowest BCUT2D eigenvalue weighted by molar-refractivity contribution is -0.142. The average Bonchev–Trinajstić information content (AvgIpc) is 2.80. The smallest absolute Gasteiger partial charge is 0.334 e. The number of ether oxygens (including phenoxy) is 2. The van der Waals surface area contributed by atoms with Gasteiger partial charge in [-0.3, -0.25) is 0 Å². The number of carbonyl (C=O) groups is 2. The number of hydrogen-bond acceptors (Lipinski definition) is 4. The first kappa shape index (κ1) is 30.7. The summed E-state index contributed by atoms with van der Waals surface area (Å²) in [6.45, 7) is 9.22. The Kier molecular flexibility index (Phi) is 21.9. The van der Waals surface area contributed by atoms with Crippen LogP contribution in [0.2, 0.25) is 0 Å². The molecule has 0 aliphatic carbocycles. The molecule has 0 aromatic carbocycles. The summed E-state index contributed by atoms with van der Waals surface area (Å²) in [4.78, 5) is 25.7. The molecule has 4 heteroatoms. The first-order valence-corrected chi connectivity index (χ1v) is 13.7. The van der Waals surface area contributed by atoms with Crippen LogP contribution < -0.4 is 0 Å². The van der Waals surface area contributed by atoms with E-state index in [-0.39, 0.29) is 11.9 Å². The summed E-state index contributed by atoms with van der Waals surface area (Å²) in [5.41, 5.74) is 1.14. The van der Waals surface area contributed by atoms with Crippen molar-refractivity contribution in [2.45, 2.75) is 143 Å². The summed E-state index contributed by atoms with van der Waals surface area (Å²) in [5.74, 6) is -0.632. The first-order valence-electron chi connectivity index (χ1n) is 13.7. The fourth-order valence-electron chi connectivity index (χ4n) is 3.83. The Morgan fingerprint density at radius 1 is 0.438 bits per heavy atom. The van der Waals surface area contributed by atoms with Crippen LogP contribution in [0.1, 0.15) is 143 Å². The van der Waals surface area contributed by atoms with Crippen LogP contribution in [0.4, 0.5) is 0 Å². The number of unbranched alkanes of at least 4 members (excludes halogenated alkanes) is 12. The van der Waals surface area contributed by atoms with Crippen LogP contribution in [-0.2, 0) is 19.1 Å². The molecule has 0 heterocycles. The van der Waals surface area contributed by atoms with E-state index in [2.05, 4.69) is 13.8 Å². The monoisotopic (exact) mass is 452 g/mol. The van der Waals surface area contributed by atoms with E-state index in [1.165, 1.54) is 64.2 Å². The molecule has 0 saturated carbocycles. The van der Waals surface area contributed by atoms with Gasteiger partial charge in [0.25, 0.3) is 0 Å². The predicted octanol–water partition coefficient (Wildman–Crippen LogP) is 8.47. The van der Waals surface area contributed by atoms with E-state index < -0.39 is 0 Å². The Labute approximate surface area is 198 Å². The Bertz CT molecular complexity index is 496. The highest BCUT2D eigenvalue weighted by Crippen LogP contribution is 2.23. The molecule has 0 fully saturated rings. The second kappa shape index (κ2) is 22.9. The van der Waals surface area contributed by atoms with Crippen molar-refractivity contribution in [1.29, 1.82) is 0 Å². The zero-order chi connectivity index (χ0) is 23.9. The van der Waals surface area contributed by atoms with Crippen molar-refractivity contribution >= 4 is 11.9 Å². The molecular weight excluding hydrogens is 400 g/mol. The summed E-state index contributed by atoms with van der Waals surface area (Å²) < 4.78 is 10.9. The number of rotatable bonds is 22. The zero-order valence-electron chi connectivity index (χ0n) is 21.8. The summed E-state index contributed by atoms with van der Waals surface area (Å²) in [7, 11) is 0. The molecule has 0 spiro atoms. The van der Waals surface area contributed by atoms with E-state index in [9.17, 15) is 9.59 Å². The van der Waals surface area contributed by atoms with E-state index in [4.69, 9.17) is 9.47 Å². The molecule has 0 aromatic rings. The van der Waals surface area contributed by atoms with Crippen molar-refractivity contribution in [2.75, 3.05) is 13.2 Å². The second-order valence-corrected chi connectivity index (χ2v) is 8.97. The zero-order valence-corrected chi connectivity index (χ0v) is 21.8. The van der Waals surface area contributed by atoms with Crippen LogP contribution in [-0.4, -0.2) is 25.2 Å². The lowest BCUT2D eigenvalue weighted by atomic mass is 9.96. The molecule has 0 unspecified atom stereocenters. The second-order valence-electron chi connectivity index (χ2n) is 8.97. The normalized spacial score (nSPS) is 11.9. The topological polar surface area (TPSA) is 52.6 Å². The maximum atomic E-state index is 12.8. The molecule has 0 rings (SSSR count). The highest BCUT2D eigenvalue weighted by Gasteiger charge is 2.23. The van der Waals surface area contributed by atoms with Gasteiger partial charge in [0.1, 0.15) is 0 Å². The predicted molar refractivity (Wildman–Crippen MR) is 135 cm³/mol. The van der Waals surface area contributed by atoms with Gasteiger partial charge < -0.3 is 9.47 Å². The van der Waals surface area contributed by atoms with Gasteiger partial charge in [-0.25, -0.2) is 9.59 Å². The Morgan fingerprint density at radius 2 is 0.750 bits per heavy atom. The summed E-state index contributed by atoms with van der Waals surface area (Å²) in [5, 5.41) is 0. The van der Waals surface area contributed by atoms with Crippen LogP contribution in [0.5, 0.6) is 0 Å². The first-order chi connectivity index (χ1) is 15.6. The molecule has 0 aromatic heterocycles. The number of esters is 2. The molecule has 0 saturated heterocycles. The molecular formula is C28H52O4. The van der Waals surface area contributed by atoms with Gasteiger partial charge in [0.05, 0.1) is 13.2 Å². The van der Waals surface area contributed by atoms with Gasteiger partial charge >= 0.3 is 11.9 Å². The van der Waals surface area contributed by atoms with Crippen molar-refractivity contribution in [2.24, 2.45) is 0 Å². The Morgan fingerprint density at radius 3 is 1.06 bits per heavy atom. The van der Waals surface area contributed by atoms with E-state index >= 15 is 0 Å². The van der Waals surface area contributed by atoms with Crippen molar-refractivity contribution < 1.29 is 19.1 Å². The minimum atomic E-state index is -0.316. The van der Waals surface area contributed by atoms with Crippen molar-refractivity contribution in [3.05, 3.63) is 11.1 Å². The molecule has 4 nitrogen and oxygen atoms in total. The van der Waals surface area contributed by atoms with Gasteiger partial charge in [0, 0.05) is 11.1 Å². The van der Waals surface area contributed by atoms with Crippen LogP contribution in [0, 0.1) is 0 Å². The summed E-state index contributed by atoms with van der Waals surface area (Å²) in [6, 6.07) is 0. The largest absolute Gasteiger partial charge is 0.462 e. The summed E-state index contributed by atoms with van der Waals surface area (Å²) in [6.07, 6.45) is 19.3. The molecule has 0 bridgehead atoms. The quantitative estimate of drug-likeness (QED) is 0.0938. The van der Waals surface area contributed by atoms with E-state index in [1.807, 2.05) is 13.8 Å². The molecule has 0 radical (unpaired) electrons. The van der Waals surface area contributed by atoms with Crippen molar-refractivity contribution in [3.8, 4) is 0 Å². The fraction of sp³-hybridized carbons (Fsp3) is 0.857. The third-order valence-electron chi connectivity index (χ3n) is 5.79. The lowest BCUT2D eigenvalue weighted by Crippen LogP contribution is -2.18. The Balaban J connectivity index is 5.07. The molecule has 0 aliphatic heterocycles. The van der Waals surface area contributed by atoms with Gasteiger partial charge in [-0.2, -0.15) is 0 Å². The molecule has 0 N–H and O–H groups in total. The molecule has 0 amide bonds. The van der Waals surface area contributed by atoms with Gasteiger partial charge in [-0.15, -0.1) is 0 Å². The molecule has 188 valence electrons. The van der Waals surface area contributed by atoms with Gasteiger partial charge in [0.2, 0.25) is 0 Å². The van der Waals surface area contributed by atoms with Gasteiger partial charge in [-0.1, -0.05) is 105 Å². The van der Waals surface area contributed by atoms with Gasteiger partial charge in [0.15, 0.2) is 0 Å². The lowest BCUT2D eigenvalue weighted by Gasteiger charge is -2.15. The third kappa shape index (κ3) is 16.3. The SMILES string of the molecule is CCCCCCCCCCC(C(=O)OCCC)=C(CCCCCCCC)C(=O)OCCC. The molecule has 32 heavy (non-hydrogen) atoms. The Hall–Kier alpha value is -1.32. The molecule has 0 atom stereocenters. The number of carbonyl (C=O) groups excluding carboxylic acids is 2. The summed E-state index contributed by atoms with van der Waals surface area (Å²) >= 11 is 0. The third-order valence-corrected chi connectivity index (χ3v) is 5.79. The van der Waals surface area contributed by atoms with E-state index in [0.29, 0.717) is 37.2 Å². The van der Waals surface area contributed by atoms with Crippen LogP contribution >= 0.6 is 0 Å². The maximum Gasteiger partial charge on any atom is 0.334 e. The molecule has 0 aliphatic rings. The number of hydrogen-bond donors (Lipinski definition) is 0. The minimum absolute atomic E-state index is 0.316. The highest BCUT2D eigenvalue weighted by molar-refractivity contribution is 6.00. The fourth-order valence-corrected chi connectivity index (χ4v) is 3.83. The van der Waals surface area contributed by atoms with E-state index in [1.54, 1.807) is 0 Å². The standard InChI is InChI=1S/C28H52O4/c1-5-9-11-13-15-16-18-20-22-26(28(30)32-24-8-4)25(27(29)31-23-7-3)21-19-17-14-12-10-6-2/h5-24H2,1-4H3. The van der Waals surface area contributed by atoms with Crippen LogP contribution in [0.25, 0.3) is 0 Å². The van der Waals surface area contributed by atoms with Crippen molar-refractivity contribution in [3.63, 3.8) is 0 Å². The van der Waals surface area contributed by atoms with Crippen LogP contribution in [0.3, 0.4) is 0 Å². The van der Waals surface area contributed by atoms with Gasteiger partial charge in [-0.05, 0) is 38.5 Å².